The van der Waals surface area contributed by atoms with Crippen LogP contribution in [0.4, 0.5) is 0 Å². The number of hydrogen-bond acceptors (Lipinski definition) is 4. The van der Waals surface area contributed by atoms with Gasteiger partial charge in [-0.15, -0.1) is 0 Å². The molecule has 1 fully saturated rings. The van der Waals surface area contributed by atoms with Crippen molar-refractivity contribution >= 4 is 17.7 Å². The van der Waals surface area contributed by atoms with E-state index in [1.807, 2.05) is 22.7 Å². The minimum Gasteiger partial charge on any atom is -0.507 e. The molecule has 3 rings (SSSR count). The quantitative estimate of drug-likeness (QED) is 0.893. The molecule has 0 aliphatic carbocycles. The maximum Gasteiger partial charge on any atom is 0.271 e. The van der Waals surface area contributed by atoms with Crippen LogP contribution in [0.25, 0.3) is 11.3 Å². The van der Waals surface area contributed by atoms with Crippen molar-refractivity contribution in [3.05, 3.63) is 36.0 Å². The lowest BCUT2D eigenvalue weighted by Crippen LogP contribution is -2.33. The minimum atomic E-state index is -0.0216. The van der Waals surface area contributed by atoms with Gasteiger partial charge in [-0.2, -0.15) is 16.9 Å². The summed E-state index contributed by atoms with van der Waals surface area (Å²) in [6.45, 7) is 1.56. The minimum absolute atomic E-state index is 0.0216. The molecule has 0 saturated carbocycles. The van der Waals surface area contributed by atoms with Crippen molar-refractivity contribution in [3.63, 3.8) is 0 Å². The first-order chi connectivity index (χ1) is 10.3. The Morgan fingerprint density at radius 2 is 2.14 bits per heavy atom. The van der Waals surface area contributed by atoms with E-state index < -0.39 is 0 Å². The van der Waals surface area contributed by atoms with Crippen molar-refractivity contribution in [1.82, 2.24) is 15.1 Å². The second-order valence-electron chi connectivity index (χ2n) is 4.94. The Hall–Kier alpha value is -1.95. The number of thioether (sulfide) groups is 1. The molecule has 110 valence electrons. The second-order valence-corrected chi connectivity index (χ2v) is 6.17. The molecule has 2 heterocycles. The van der Waals surface area contributed by atoms with Gasteiger partial charge in [0.1, 0.15) is 11.4 Å². The molecule has 1 saturated heterocycles. The number of benzene rings is 1. The van der Waals surface area contributed by atoms with Gasteiger partial charge in [0.15, 0.2) is 0 Å². The number of carbonyl (C=O) groups excluding carboxylic acids is 1. The fourth-order valence-corrected chi connectivity index (χ4v) is 3.27. The Labute approximate surface area is 127 Å². The Morgan fingerprint density at radius 3 is 3.00 bits per heavy atom. The van der Waals surface area contributed by atoms with Crippen molar-refractivity contribution in [1.29, 1.82) is 0 Å². The number of rotatable bonds is 2. The molecule has 1 aliphatic heterocycles. The molecule has 21 heavy (non-hydrogen) atoms. The first-order valence-corrected chi connectivity index (χ1v) is 8.12. The van der Waals surface area contributed by atoms with E-state index in [0.717, 1.165) is 31.0 Å². The maximum atomic E-state index is 12.5. The Morgan fingerprint density at radius 1 is 1.29 bits per heavy atom. The SMILES string of the molecule is O=C(c1cc(-c2ccccc2O)n[nH]1)N1CCCSCC1. The number of H-pyrrole nitrogens is 1. The molecule has 0 radical (unpaired) electrons. The van der Waals surface area contributed by atoms with Crippen molar-refractivity contribution in [2.75, 3.05) is 24.6 Å². The van der Waals surface area contributed by atoms with Gasteiger partial charge in [-0.3, -0.25) is 9.89 Å². The third-order valence-electron chi connectivity index (χ3n) is 3.50. The highest BCUT2D eigenvalue weighted by molar-refractivity contribution is 7.99. The summed E-state index contributed by atoms with van der Waals surface area (Å²) in [5.74, 6) is 2.23. The lowest BCUT2D eigenvalue weighted by atomic mass is 10.1. The average molecular weight is 303 g/mol. The van der Waals surface area contributed by atoms with Crippen LogP contribution < -0.4 is 0 Å². The molecular formula is C15H17N3O2S. The summed E-state index contributed by atoms with van der Waals surface area (Å²) in [6.07, 6.45) is 1.02. The molecule has 0 atom stereocenters. The first-order valence-electron chi connectivity index (χ1n) is 6.96. The van der Waals surface area contributed by atoms with Crippen LogP contribution in [-0.2, 0) is 0 Å². The number of hydrogen-bond donors (Lipinski definition) is 2. The molecular weight excluding hydrogens is 286 g/mol. The van der Waals surface area contributed by atoms with Crippen LogP contribution >= 0.6 is 11.8 Å². The summed E-state index contributed by atoms with van der Waals surface area (Å²) in [5.41, 5.74) is 1.68. The summed E-state index contributed by atoms with van der Waals surface area (Å²) in [5, 5.41) is 16.8. The van der Waals surface area contributed by atoms with Gasteiger partial charge in [-0.05, 0) is 30.4 Å². The van der Waals surface area contributed by atoms with Gasteiger partial charge in [0.25, 0.3) is 5.91 Å². The Bertz CT molecular complexity index is 633. The van der Waals surface area contributed by atoms with Crippen LogP contribution in [0.1, 0.15) is 16.9 Å². The van der Waals surface area contributed by atoms with Gasteiger partial charge >= 0.3 is 0 Å². The van der Waals surface area contributed by atoms with Crippen LogP contribution in [0.3, 0.4) is 0 Å². The Kier molecular flexibility index (Phi) is 4.15. The number of phenolic OH excluding ortho intramolecular Hbond substituents is 1. The highest BCUT2D eigenvalue weighted by Crippen LogP contribution is 2.27. The fraction of sp³-hybridized carbons (Fsp3) is 0.333. The van der Waals surface area contributed by atoms with Gasteiger partial charge < -0.3 is 10.0 Å². The molecule has 1 aromatic heterocycles. The summed E-state index contributed by atoms with van der Waals surface area (Å²) >= 11 is 1.88. The molecule has 1 aliphatic rings. The lowest BCUT2D eigenvalue weighted by molar-refractivity contribution is 0.0762. The fourth-order valence-electron chi connectivity index (χ4n) is 2.38. The lowest BCUT2D eigenvalue weighted by Gasteiger charge is -2.18. The van der Waals surface area contributed by atoms with E-state index in [-0.39, 0.29) is 11.7 Å². The number of aromatic nitrogens is 2. The summed E-state index contributed by atoms with van der Waals surface area (Å²) in [4.78, 5) is 14.3. The third kappa shape index (κ3) is 3.05. The molecule has 1 aromatic carbocycles. The largest absolute Gasteiger partial charge is 0.507 e. The zero-order chi connectivity index (χ0) is 14.7. The van der Waals surface area contributed by atoms with E-state index in [2.05, 4.69) is 10.2 Å². The van der Waals surface area contributed by atoms with Crippen molar-refractivity contribution in [2.24, 2.45) is 0 Å². The average Bonchev–Trinajstić information content (AvgIpc) is 2.82. The van der Waals surface area contributed by atoms with Crippen LogP contribution in [0.15, 0.2) is 30.3 Å². The summed E-state index contributed by atoms with van der Waals surface area (Å²) in [6, 6.07) is 8.68. The number of nitrogens with one attached hydrogen (secondary N) is 1. The normalized spacial score (nSPS) is 15.7. The smallest absolute Gasteiger partial charge is 0.271 e. The highest BCUT2D eigenvalue weighted by Gasteiger charge is 2.20. The zero-order valence-corrected chi connectivity index (χ0v) is 12.4. The third-order valence-corrected chi connectivity index (χ3v) is 4.55. The molecule has 6 heteroatoms. The molecule has 2 aromatic rings. The van der Waals surface area contributed by atoms with Gasteiger partial charge in [0.05, 0.1) is 5.69 Å². The number of para-hydroxylation sites is 1. The van der Waals surface area contributed by atoms with Gasteiger partial charge in [-0.25, -0.2) is 0 Å². The summed E-state index contributed by atoms with van der Waals surface area (Å²) < 4.78 is 0. The zero-order valence-electron chi connectivity index (χ0n) is 11.6. The van der Waals surface area contributed by atoms with Gasteiger partial charge in [0, 0.05) is 24.4 Å². The van der Waals surface area contributed by atoms with E-state index in [0.29, 0.717) is 17.0 Å². The van der Waals surface area contributed by atoms with E-state index in [1.54, 1.807) is 24.3 Å². The predicted molar refractivity (Wildman–Crippen MR) is 83.5 cm³/mol. The Balaban J connectivity index is 1.81. The number of phenols is 1. The first kappa shape index (κ1) is 14.0. The number of aromatic hydroxyl groups is 1. The topological polar surface area (TPSA) is 69.2 Å². The molecule has 0 unspecified atom stereocenters. The number of aromatic amines is 1. The second kappa shape index (κ2) is 6.22. The maximum absolute atomic E-state index is 12.5. The van der Waals surface area contributed by atoms with E-state index in [4.69, 9.17) is 0 Å². The molecule has 5 nitrogen and oxygen atoms in total. The number of carbonyl (C=O) groups is 1. The number of amides is 1. The van der Waals surface area contributed by atoms with Crippen molar-refractivity contribution in [2.45, 2.75) is 6.42 Å². The van der Waals surface area contributed by atoms with E-state index >= 15 is 0 Å². The molecule has 0 bridgehead atoms. The molecule has 0 spiro atoms. The van der Waals surface area contributed by atoms with E-state index in [1.165, 1.54) is 0 Å². The van der Waals surface area contributed by atoms with Gasteiger partial charge in [0.2, 0.25) is 0 Å². The van der Waals surface area contributed by atoms with Crippen LogP contribution in [-0.4, -0.2) is 50.7 Å². The summed E-state index contributed by atoms with van der Waals surface area (Å²) in [7, 11) is 0. The molecule has 2 N–H and O–H groups in total. The van der Waals surface area contributed by atoms with Gasteiger partial charge in [-0.1, -0.05) is 12.1 Å². The van der Waals surface area contributed by atoms with Crippen LogP contribution in [0.2, 0.25) is 0 Å². The van der Waals surface area contributed by atoms with E-state index in [9.17, 15) is 9.90 Å². The highest BCUT2D eigenvalue weighted by atomic mass is 32.2. The molecule has 1 amide bonds. The monoisotopic (exact) mass is 303 g/mol. The predicted octanol–water partition coefficient (Wildman–Crippen LogP) is 2.36. The standard InChI is InChI=1S/C15H17N3O2S/c19-14-5-2-1-4-11(14)12-10-13(17-16-12)15(20)18-6-3-8-21-9-7-18/h1-2,4-5,10,19H,3,6-9H2,(H,16,17). The van der Waals surface area contributed by atoms with Crippen LogP contribution in [0, 0.1) is 0 Å². The number of nitrogens with zero attached hydrogens (tertiary/aromatic N) is 2. The van der Waals surface area contributed by atoms with Crippen molar-refractivity contribution < 1.29 is 9.90 Å². The van der Waals surface area contributed by atoms with Crippen molar-refractivity contribution in [3.8, 4) is 17.0 Å². The van der Waals surface area contributed by atoms with Crippen LogP contribution in [0.5, 0.6) is 5.75 Å².